The van der Waals surface area contributed by atoms with Crippen molar-refractivity contribution in [3.8, 4) is 0 Å². The summed E-state index contributed by atoms with van der Waals surface area (Å²) >= 11 is 1.70. The van der Waals surface area contributed by atoms with Gasteiger partial charge in [0.15, 0.2) is 5.16 Å². The lowest BCUT2D eigenvalue weighted by Gasteiger charge is -2.17. The van der Waals surface area contributed by atoms with E-state index in [-0.39, 0.29) is 11.8 Å². The minimum atomic E-state index is 0.0921. The van der Waals surface area contributed by atoms with Crippen LogP contribution < -0.4 is 5.32 Å². The molecular weight excluding hydrogens is 260 g/mol. The van der Waals surface area contributed by atoms with Crippen LogP contribution in [0, 0.1) is 5.92 Å². The molecule has 0 saturated heterocycles. The maximum atomic E-state index is 12.3. The van der Waals surface area contributed by atoms with Crippen LogP contribution in [0.2, 0.25) is 0 Å². The summed E-state index contributed by atoms with van der Waals surface area (Å²) in [5.41, 5.74) is 0. The zero-order chi connectivity index (χ0) is 13.7. The van der Waals surface area contributed by atoms with Gasteiger partial charge in [-0.25, -0.2) is 0 Å². The van der Waals surface area contributed by atoms with Crippen molar-refractivity contribution in [1.82, 2.24) is 14.8 Å². The van der Waals surface area contributed by atoms with E-state index >= 15 is 0 Å². The molecule has 0 saturated carbocycles. The highest BCUT2D eigenvalue weighted by Gasteiger charge is 2.21. The second-order valence-electron chi connectivity index (χ2n) is 4.92. The van der Waals surface area contributed by atoms with Crippen molar-refractivity contribution in [2.45, 2.75) is 57.7 Å². The average Bonchev–Trinajstić information content (AvgIpc) is 2.82. The van der Waals surface area contributed by atoms with Gasteiger partial charge < -0.3 is 0 Å². The normalized spacial score (nSPS) is 14.5. The Morgan fingerprint density at radius 3 is 2.79 bits per heavy atom. The highest BCUT2D eigenvalue weighted by molar-refractivity contribution is 7.99. The summed E-state index contributed by atoms with van der Waals surface area (Å²) < 4.78 is 2.01. The highest BCUT2D eigenvalue weighted by Crippen LogP contribution is 2.26. The predicted molar refractivity (Wildman–Crippen MR) is 77.3 cm³/mol. The first-order chi connectivity index (χ1) is 9.26. The standard InChI is InChI=1S/C13H22N4OS/c1-3-6-10(7-4-2)11(18)14-12-15-16-13-17(12)8-5-9-19-13/h10H,3-9H2,1-2H3,(H,14,15,18). The fourth-order valence-electron chi connectivity index (χ4n) is 2.39. The molecule has 0 aliphatic carbocycles. The molecule has 0 spiro atoms. The zero-order valence-corrected chi connectivity index (χ0v) is 12.5. The van der Waals surface area contributed by atoms with Crippen molar-refractivity contribution < 1.29 is 4.79 Å². The van der Waals surface area contributed by atoms with Gasteiger partial charge in [-0.3, -0.25) is 14.7 Å². The van der Waals surface area contributed by atoms with Gasteiger partial charge in [-0.15, -0.1) is 10.2 Å². The van der Waals surface area contributed by atoms with E-state index in [4.69, 9.17) is 0 Å². The van der Waals surface area contributed by atoms with Crippen molar-refractivity contribution in [3.63, 3.8) is 0 Å². The second kappa shape index (κ2) is 6.93. The van der Waals surface area contributed by atoms with E-state index in [1.54, 1.807) is 11.8 Å². The van der Waals surface area contributed by atoms with E-state index in [9.17, 15) is 4.79 Å². The molecule has 1 aliphatic rings. The molecule has 0 unspecified atom stereocenters. The third kappa shape index (κ3) is 3.49. The Morgan fingerprint density at radius 2 is 2.11 bits per heavy atom. The maximum absolute atomic E-state index is 12.3. The fraction of sp³-hybridized carbons (Fsp3) is 0.769. The number of anilines is 1. The van der Waals surface area contributed by atoms with Crippen molar-refractivity contribution in [1.29, 1.82) is 0 Å². The van der Waals surface area contributed by atoms with Gasteiger partial charge in [0.25, 0.3) is 0 Å². The molecule has 2 heterocycles. The van der Waals surface area contributed by atoms with Crippen LogP contribution in [0.1, 0.15) is 46.0 Å². The van der Waals surface area contributed by atoms with Gasteiger partial charge in [0.2, 0.25) is 11.9 Å². The first-order valence-corrected chi connectivity index (χ1v) is 8.11. The van der Waals surface area contributed by atoms with Crippen molar-refractivity contribution in [2.75, 3.05) is 11.1 Å². The lowest BCUT2D eigenvalue weighted by Crippen LogP contribution is -2.25. The number of nitrogens with zero attached hydrogens (tertiary/aromatic N) is 3. The molecule has 1 N–H and O–H groups in total. The van der Waals surface area contributed by atoms with E-state index in [2.05, 4.69) is 29.4 Å². The number of aromatic nitrogens is 3. The van der Waals surface area contributed by atoms with Crippen LogP contribution in [0.4, 0.5) is 5.95 Å². The van der Waals surface area contributed by atoms with Gasteiger partial charge in [0.1, 0.15) is 0 Å². The Labute approximate surface area is 118 Å². The number of carbonyl (C=O) groups excluding carboxylic acids is 1. The Morgan fingerprint density at radius 1 is 1.37 bits per heavy atom. The quantitative estimate of drug-likeness (QED) is 0.871. The van der Waals surface area contributed by atoms with Crippen molar-refractivity contribution in [3.05, 3.63) is 0 Å². The van der Waals surface area contributed by atoms with Crippen LogP contribution in [-0.2, 0) is 11.3 Å². The van der Waals surface area contributed by atoms with Gasteiger partial charge in [-0.05, 0) is 19.3 Å². The lowest BCUT2D eigenvalue weighted by molar-refractivity contribution is -0.120. The zero-order valence-electron chi connectivity index (χ0n) is 11.7. The fourth-order valence-corrected chi connectivity index (χ4v) is 3.28. The molecule has 1 aromatic rings. The summed E-state index contributed by atoms with van der Waals surface area (Å²) in [6.45, 7) is 5.13. The molecule has 0 atom stereocenters. The van der Waals surface area contributed by atoms with E-state index in [1.165, 1.54) is 0 Å². The second-order valence-corrected chi connectivity index (χ2v) is 5.99. The Kier molecular flexibility index (Phi) is 5.24. The third-order valence-electron chi connectivity index (χ3n) is 3.35. The first-order valence-electron chi connectivity index (χ1n) is 7.13. The van der Waals surface area contributed by atoms with Crippen LogP contribution in [0.3, 0.4) is 0 Å². The molecule has 19 heavy (non-hydrogen) atoms. The van der Waals surface area contributed by atoms with E-state index in [0.29, 0.717) is 5.95 Å². The number of thioether (sulfide) groups is 1. The topological polar surface area (TPSA) is 59.8 Å². The first kappa shape index (κ1) is 14.4. The van der Waals surface area contributed by atoms with Gasteiger partial charge >= 0.3 is 0 Å². The Balaban J connectivity index is 2.03. The van der Waals surface area contributed by atoms with Crippen LogP contribution in [0.25, 0.3) is 0 Å². The summed E-state index contributed by atoms with van der Waals surface area (Å²) in [6.07, 6.45) is 5.05. The molecule has 0 bridgehead atoms. The monoisotopic (exact) mass is 282 g/mol. The summed E-state index contributed by atoms with van der Waals surface area (Å²) in [6, 6.07) is 0. The maximum Gasteiger partial charge on any atom is 0.231 e. The molecule has 0 fully saturated rings. The molecule has 1 amide bonds. The lowest BCUT2D eigenvalue weighted by atomic mass is 9.97. The molecule has 0 radical (unpaired) electrons. The van der Waals surface area contributed by atoms with Gasteiger partial charge in [-0.2, -0.15) is 0 Å². The van der Waals surface area contributed by atoms with Crippen LogP contribution in [0.15, 0.2) is 5.16 Å². The summed E-state index contributed by atoms with van der Waals surface area (Å²) in [4.78, 5) is 12.3. The molecule has 1 aromatic heterocycles. The number of nitrogens with one attached hydrogen (secondary N) is 1. The minimum Gasteiger partial charge on any atom is -0.294 e. The van der Waals surface area contributed by atoms with Crippen molar-refractivity contribution >= 4 is 23.6 Å². The molecule has 5 nitrogen and oxygen atoms in total. The van der Waals surface area contributed by atoms with E-state index < -0.39 is 0 Å². The SMILES string of the molecule is CCCC(CCC)C(=O)Nc1nnc2n1CCCS2. The Hall–Kier alpha value is -1.04. The minimum absolute atomic E-state index is 0.0921. The molecule has 6 heteroatoms. The molecular formula is C13H22N4OS. The predicted octanol–water partition coefficient (Wildman–Crippen LogP) is 2.93. The molecule has 2 rings (SSSR count). The van der Waals surface area contributed by atoms with Crippen LogP contribution >= 0.6 is 11.8 Å². The number of amides is 1. The van der Waals surface area contributed by atoms with Gasteiger partial charge in [0.05, 0.1) is 0 Å². The number of fused-ring (bicyclic) bond motifs is 1. The van der Waals surface area contributed by atoms with Crippen LogP contribution in [0.5, 0.6) is 0 Å². The molecule has 0 aromatic carbocycles. The number of hydrogen-bond donors (Lipinski definition) is 1. The average molecular weight is 282 g/mol. The number of hydrogen-bond acceptors (Lipinski definition) is 4. The highest BCUT2D eigenvalue weighted by atomic mass is 32.2. The number of carbonyl (C=O) groups is 1. The molecule has 1 aliphatic heterocycles. The smallest absolute Gasteiger partial charge is 0.231 e. The largest absolute Gasteiger partial charge is 0.294 e. The molecule has 106 valence electrons. The summed E-state index contributed by atoms with van der Waals surface area (Å²) in [5, 5.41) is 12.1. The van der Waals surface area contributed by atoms with Gasteiger partial charge in [-0.1, -0.05) is 38.5 Å². The summed E-state index contributed by atoms with van der Waals surface area (Å²) in [7, 11) is 0. The van der Waals surface area contributed by atoms with Gasteiger partial charge in [0, 0.05) is 18.2 Å². The number of rotatable bonds is 6. The summed E-state index contributed by atoms with van der Waals surface area (Å²) in [5.74, 6) is 1.89. The third-order valence-corrected chi connectivity index (χ3v) is 4.41. The van der Waals surface area contributed by atoms with Crippen molar-refractivity contribution in [2.24, 2.45) is 5.92 Å². The van der Waals surface area contributed by atoms with E-state index in [1.807, 2.05) is 4.57 Å². The van der Waals surface area contributed by atoms with E-state index in [0.717, 1.165) is 49.6 Å². The van der Waals surface area contributed by atoms with Crippen LogP contribution in [-0.4, -0.2) is 26.4 Å². The Bertz CT molecular complexity index is 426.